The first-order chi connectivity index (χ1) is 9.92. The number of rotatable bonds is 4. The average Bonchev–Trinajstić information content (AvgIpc) is 3.02. The molecule has 2 N–H and O–H groups in total. The van der Waals surface area contributed by atoms with Crippen LogP contribution in [-0.4, -0.2) is 24.0 Å². The van der Waals surface area contributed by atoms with E-state index in [1.54, 1.807) is 0 Å². The Balaban J connectivity index is 1.79. The van der Waals surface area contributed by atoms with Crippen molar-refractivity contribution in [3.63, 3.8) is 0 Å². The van der Waals surface area contributed by atoms with Crippen LogP contribution in [-0.2, 0) is 6.42 Å². The molecular weight excluding hydrogens is 248 g/mol. The second-order valence-electron chi connectivity index (χ2n) is 4.82. The van der Waals surface area contributed by atoms with Crippen LogP contribution < -0.4 is 10.6 Å². The number of nitrogens with one attached hydrogen (secondary N) is 2. The van der Waals surface area contributed by atoms with Crippen LogP contribution in [0.2, 0.25) is 0 Å². The number of nitrogens with zero attached hydrogens (tertiary/aromatic N) is 2. The Labute approximate surface area is 119 Å². The van der Waals surface area contributed by atoms with Gasteiger partial charge in [-0.2, -0.15) is 0 Å². The number of pyridine rings is 1. The third kappa shape index (κ3) is 3.15. The molecule has 1 aromatic heterocycles. The van der Waals surface area contributed by atoms with Gasteiger partial charge in [0.25, 0.3) is 0 Å². The standard InChI is InChI=1S/C16H18N4/c1-2-4-14(5-3-1)15(20-16-18-10-11-19-16)12-13-6-8-17-9-7-13/h1-9,15H,10-12H2,(H2,18,19,20). The highest BCUT2D eigenvalue weighted by molar-refractivity contribution is 5.81. The molecule has 4 nitrogen and oxygen atoms in total. The molecule has 0 aliphatic carbocycles. The van der Waals surface area contributed by atoms with E-state index < -0.39 is 0 Å². The van der Waals surface area contributed by atoms with Crippen molar-refractivity contribution in [2.24, 2.45) is 4.99 Å². The highest BCUT2D eigenvalue weighted by Gasteiger charge is 2.15. The van der Waals surface area contributed by atoms with Crippen molar-refractivity contribution in [2.75, 3.05) is 13.1 Å². The Kier molecular flexibility index (Phi) is 3.92. The van der Waals surface area contributed by atoms with Crippen LogP contribution in [0.25, 0.3) is 0 Å². The van der Waals surface area contributed by atoms with Crippen molar-refractivity contribution >= 4 is 5.96 Å². The summed E-state index contributed by atoms with van der Waals surface area (Å²) in [6.07, 6.45) is 4.58. The first-order valence-corrected chi connectivity index (χ1v) is 6.90. The molecule has 1 aromatic carbocycles. The Morgan fingerprint density at radius 2 is 1.90 bits per heavy atom. The van der Waals surface area contributed by atoms with Crippen LogP contribution >= 0.6 is 0 Å². The maximum absolute atomic E-state index is 4.42. The molecule has 0 amide bonds. The van der Waals surface area contributed by atoms with Gasteiger partial charge in [-0.1, -0.05) is 30.3 Å². The summed E-state index contributed by atoms with van der Waals surface area (Å²) < 4.78 is 0. The summed E-state index contributed by atoms with van der Waals surface area (Å²) in [4.78, 5) is 8.50. The molecule has 1 unspecified atom stereocenters. The van der Waals surface area contributed by atoms with E-state index in [9.17, 15) is 0 Å². The minimum atomic E-state index is 0.211. The van der Waals surface area contributed by atoms with Crippen LogP contribution in [0.5, 0.6) is 0 Å². The summed E-state index contributed by atoms with van der Waals surface area (Å²) in [6.45, 7) is 1.76. The number of aromatic nitrogens is 1. The minimum Gasteiger partial charge on any atom is -0.355 e. The lowest BCUT2D eigenvalue weighted by molar-refractivity contribution is 0.633. The molecule has 20 heavy (non-hydrogen) atoms. The second-order valence-corrected chi connectivity index (χ2v) is 4.82. The van der Waals surface area contributed by atoms with Gasteiger partial charge in [-0.05, 0) is 29.7 Å². The van der Waals surface area contributed by atoms with Gasteiger partial charge in [0, 0.05) is 18.9 Å². The summed E-state index contributed by atoms with van der Waals surface area (Å²) in [6, 6.07) is 14.8. The third-order valence-corrected chi connectivity index (χ3v) is 3.38. The van der Waals surface area contributed by atoms with Crippen molar-refractivity contribution in [1.82, 2.24) is 15.6 Å². The highest BCUT2D eigenvalue weighted by Crippen LogP contribution is 2.18. The van der Waals surface area contributed by atoms with E-state index >= 15 is 0 Å². The van der Waals surface area contributed by atoms with E-state index in [1.165, 1.54) is 11.1 Å². The molecule has 0 radical (unpaired) electrons. The van der Waals surface area contributed by atoms with E-state index in [1.807, 2.05) is 18.5 Å². The van der Waals surface area contributed by atoms with E-state index in [4.69, 9.17) is 0 Å². The Morgan fingerprint density at radius 1 is 1.10 bits per heavy atom. The zero-order valence-corrected chi connectivity index (χ0v) is 11.3. The van der Waals surface area contributed by atoms with E-state index in [-0.39, 0.29) is 6.04 Å². The smallest absolute Gasteiger partial charge is 0.191 e. The molecule has 1 atom stereocenters. The molecule has 2 heterocycles. The second kappa shape index (κ2) is 6.19. The fraction of sp³-hybridized carbons (Fsp3) is 0.250. The Bertz CT molecular complexity index is 566. The summed E-state index contributed by atoms with van der Waals surface area (Å²) >= 11 is 0. The number of aliphatic imine (C=N–C) groups is 1. The highest BCUT2D eigenvalue weighted by atomic mass is 15.2. The molecule has 0 fully saturated rings. The number of hydrogen-bond donors (Lipinski definition) is 2. The molecule has 0 bridgehead atoms. The largest absolute Gasteiger partial charge is 0.355 e. The van der Waals surface area contributed by atoms with Gasteiger partial charge in [-0.3, -0.25) is 9.98 Å². The van der Waals surface area contributed by atoms with E-state index in [0.29, 0.717) is 0 Å². The lowest BCUT2D eigenvalue weighted by Crippen LogP contribution is -2.37. The van der Waals surface area contributed by atoms with Crippen molar-refractivity contribution in [3.05, 3.63) is 66.0 Å². The lowest BCUT2D eigenvalue weighted by Gasteiger charge is -2.20. The van der Waals surface area contributed by atoms with Crippen molar-refractivity contribution in [1.29, 1.82) is 0 Å². The molecule has 2 aromatic rings. The molecule has 0 spiro atoms. The summed E-state index contributed by atoms with van der Waals surface area (Å²) in [5, 5.41) is 6.77. The number of hydrogen-bond acceptors (Lipinski definition) is 4. The van der Waals surface area contributed by atoms with Gasteiger partial charge in [0.05, 0.1) is 12.6 Å². The monoisotopic (exact) mass is 266 g/mol. The maximum atomic E-state index is 4.42. The van der Waals surface area contributed by atoms with Gasteiger partial charge < -0.3 is 10.6 Å². The Hall–Kier alpha value is -2.36. The first-order valence-electron chi connectivity index (χ1n) is 6.90. The maximum Gasteiger partial charge on any atom is 0.191 e. The van der Waals surface area contributed by atoms with Gasteiger partial charge in [-0.15, -0.1) is 0 Å². The van der Waals surface area contributed by atoms with Crippen molar-refractivity contribution < 1.29 is 0 Å². The van der Waals surface area contributed by atoms with Gasteiger partial charge >= 0.3 is 0 Å². The number of guanidine groups is 1. The van der Waals surface area contributed by atoms with Gasteiger partial charge in [0.15, 0.2) is 5.96 Å². The van der Waals surface area contributed by atoms with Gasteiger partial charge in [0.1, 0.15) is 0 Å². The molecule has 0 saturated carbocycles. The van der Waals surface area contributed by atoms with Crippen LogP contribution in [0.4, 0.5) is 0 Å². The SMILES string of the molecule is c1ccc(C(Cc2ccncc2)NC2=NCCN2)cc1. The Morgan fingerprint density at radius 3 is 2.60 bits per heavy atom. The fourth-order valence-corrected chi connectivity index (χ4v) is 2.35. The van der Waals surface area contributed by atoms with E-state index in [2.05, 4.69) is 57.0 Å². The van der Waals surface area contributed by atoms with E-state index in [0.717, 1.165) is 25.5 Å². The lowest BCUT2D eigenvalue weighted by atomic mass is 10.00. The van der Waals surface area contributed by atoms with Crippen LogP contribution in [0.15, 0.2) is 59.9 Å². The molecule has 1 aliphatic rings. The molecule has 3 rings (SSSR count). The predicted octanol–water partition coefficient (Wildman–Crippen LogP) is 1.91. The molecule has 0 saturated heterocycles. The van der Waals surface area contributed by atoms with Crippen LogP contribution in [0, 0.1) is 0 Å². The van der Waals surface area contributed by atoms with Crippen LogP contribution in [0.3, 0.4) is 0 Å². The zero-order chi connectivity index (χ0) is 13.6. The molecular formula is C16H18N4. The summed E-state index contributed by atoms with van der Waals surface area (Å²) in [5.74, 6) is 0.896. The van der Waals surface area contributed by atoms with Gasteiger partial charge in [-0.25, -0.2) is 0 Å². The predicted molar refractivity (Wildman–Crippen MR) is 80.6 cm³/mol. The quantitative estimate of drug-likeness (QED) is 0.889. The van der Waals surface area contributed by atoms with Crippen molar-refractivity contribution in [3.8, 4) is 0 Å². The molecule has 102 valence electrons. The normalized spacial score (nSPS) is 15.3. The number of benzene rings is 1. The summed E-state index contributed by atoms with van der Waals surface area (Å²) in [5.41, 5.74) is 2.53. The fourth-order valence-electron chi connectivity index (χ4n) is 2.35. The van der Waals surface area contributed by atoms with Crippen LogP contribution in [0.1, 0.15) is 17.2 Å². The average molecular weight is 266 g/mol. The van der Waals surface area contributed by atoms with Gasteiger partial charge in [0.2, 0.25) is 0 Å². The first kappa shape index (κ1) is 12.7. The molecule has 1 aliphatic heterocycles. The minimum absolute atomic E-state index is 0.211. The topological polar surface area (TPSA) is 49.3 Å². The van der Waals surface area contributed by atoms with Crippen molar-refractivity contribution in [2.45, 2.75) is 12.5 Å². The summed E-state index contributed by atoms with van der Waals surface area (Å²) in [7, 11) is 0. The zero-order valence-electron chi connectivity index (χ0n) is 11.3. The third-order valence-electron chi connectivity index (χ3n) is 3.38. The molecule has 4 heteroatoms.